The highest BCUT2D eigenvalue weighted by atomic mass is 32.2. The summed E-state index contributed by atoms with van der Waals surface area (Å²) in [6.45, 7) is 2.71. The van der Waals surface area contributed by atoms with Crippen LogP contribution in [0, 0.1) is 0 Å². The van der Waals surface area contributed by atoms with E-state index in [1.54, 1.807) is 0 Å². The standard InChI is InChI=1S/C16H22N2OS/c1-20-16(6-2-7-16)11-18-15(19)13-4-3-12-5-8-17-10-14(12)9-13/h3-4,9,17H,2,5-8,10-11H2,1H3,(H,18,19). The van der Waals surface area contributed by atoms with E-state index in [1.807, 2.05) is 23.9 Å². The van der Waals surface area contributed by atoms with Crippen LogP contribution in [0.5, 0.6) is 0 Å². The number of carbonyl (C=O) groups excluding carboxylic acids is 1. The summed E-state index contributed by atoms with van der Waals surface area (Å²) in [6, 6.07) is 6.12. The molecule has 2 aliphatic rings. The molecule has 1 amide bonds. The summed E-state index contributed by atoms with van der Waals surface area (Å²) in [6.07, 6.45) is 6.95. The van der Waals surface area contributed by atoms with Crippen LogP contribution in [0.1, 0.15) is 40.7 Å². The summed E-state index contributed by atoms with van der Waals surface area (Å²) in [7, 11) is 0. The lowest BCUT2D eigenvalue weighted by Crippen LogP contribution is -2.45. The molecule has 0 bridgehead atoms. The van der Waals surface area contributed by atoms with E-state index >= 15 is 0 Å². The highest BCUT2D eigenvalue weighted by Crippen LogP contribution is 2.42. The van der Waals surface area contributed by atoms with Gasteiger partial charge in [0.15, 0.2) is 0 Å². The normalized spacial score (nSPS) is 19.9. The molecule has 4 heteroatoms. The van der Waals surface area contributed by atoms with Gasteiger partial charge in [0, 0.05) is 23.4 Å². The van der Waals surface area contributed by atoms with Gasteiger partial charge in [-0.2, -0.15) is 11.8 Å². The van der Waals surface area contributed by atoms with Crippen molar-refractivity contribution in [2.24, 2.45) is 0 Å². The lowest BCUT2D eigenvalue weighted by molar-refractivity contribution is 0.0944. The van der Waals surface area contributed by atoms with Crippen molar-refractivity contribution in [3.63, 3.8) is 0 Å². The van der Waals surface area contributed by atoms with Crippen LogP contribution in [0.25, 0.3) is 0 Å². The van der Waals surface area contributed by atoms with E-state index in [2.05, 4.69) is 23.0 Å². The Hall–Kier alpha value is -1.00. The minimum atomic E-state index is 0.0682. The van der Waals surface area contributed by atoms with Crippen molar-refractivity contribution in [3.05, 3.63) is 34.9 Å². The van der Waals surface area contributed by atoms with Crippen LogP contribution < -0.4 is 10.6 Å². The molecule has 1 heterocycles. The third-order valence-corrected chi connectivity index (χ3v) is 6.04. The second kappa shape index (κ2) is 5.78. The van der Waals surface area contributed by atoms with Crippen LogP contribution in [-0.2, 0) is 13.0 Å². The van der Waals surface area contributed by atoms with Crippen molar-refractivity contribution < 1.29 is 4.79 Å². The summed E-state index contributed by atoms with van der Waals surface area (Å²) in [5.41, 5.74) is 3.44. The maximum absolute atomic E-state index is 12.3. The average Bonchev–Trinajstić information content (AvgIpc) is 2.46. The summed E-state index contributed by atoms with van der Waals surface area (Å²) in [5.74, 6) is 0.0682. The summed E-state index contributed by atoms with van der Waals surface area (Å²) < 4.78 is 0.297. The Morgan fingerprint density at radius 2 is 2.25 bits per heavy atom. The highest BCUT2D eigenvalue weighted by molar-refractivity contribution is 8.00. The molecule has 2 N–H and O–H groups in total. The van der Waals surface area contributed by atoms with Gasteiger partial charge in [0.2, 0.25) is 0 Å². The minimum absolute atomic E-state index is 0.0682. The van der Waals surface area contributed by atoms with Crippen molar-refractivity contribution in [1.82, 2.24) is 10.6 Å². The molecule has 1 aliphatic carbocycles. The Morgan fingerprint density at radius 3 is 2.95 bits per heavy atom. The molecule has 1 aliphatic heterocycles. The van der Waals surface area contributed by atoms with E-state index in [0.29, 0.717) is 4.75 Å². The van der Waals surface area contributed by atoms with E-state index in [1.165, 1.54) is 30.4 Å². The molecule has 1 aromatic carbocycles. The van der Waals surface area contributed by atoms with Gasteiger partial charge in [-0.1, -0.05) is 12.5 Å². The van der Waals surface area contributed by atoms with Gasteiger partial charge in [0.25, 0.3) is 5.91 Å². The number of thioether (sulfide) groups is 1. The zero-order chi connectivity index (χ0) is 14.0. The molecule has 0 atom stereocenters. The maximum atomic E-state index is 12.3. The summed E-state index contributed by atoms with van der Waals surface area (Å²) in [5, 5.41) is 6.47. The van der Waals surface area contributed by atoms with Gasteiger partial charge < -0.3 is 10.6 Å². The Balaban J connectivity index is 1.65. The molecule has 1 fully saturated rings. The van der Waals surface area contributed by atoms with E-state index < -0.39 is 0 Å². The van der Waals surface area contributed by atoms with Crippen LogP contribution in [0.2, 0.25) is 0 Å². The maximum Gasteiger partial charge on any atom is 0.251 e. The lowest BCUT2D eigenvalue weighted by atomic mass is 9.84. The summed E-state index contributed by atoms with van der Waals surface area (Å²) >= 11 is 1.89. The molecule has 3 nitrogen and oxygen atoms in total. The smallest absolute Gasteiger partial charge is 0.251 e. The van der Waals surface area contributed by atoms with Gasteiger partial charge in [-0.3, -0.25) is 4.79 Å². The first-order chi connectivity index (χ1) is 9.72. The first kappa shape index (κ1) is 14.0. The fourth-order valence-corrected chi connectivity index (χ4v) is 3.90. The molecule has 108 valence electrons. The Labute approximate surface area is 124 Å². The topological polar surface area (TPSA) is 41.1 Å². The second-order valence-electron chi connectivity index (χ2n) is 5.83. The van der Waals surface area contributed by atoms with Crippen LogP contribution in [0.4, 0.5) is 0 Å². The molecular weight excluding hydrogens is 268 g/mol. The quantitative estimate of drug-likeness (QED) is 0.894. The number of fused-ring (bicyclic) bond motifs is 1. The average molecular weight is 290 g/mol. The van der Waals surface area contributed by atoms with Gasteiger partial charge in [-0.15, -0.1) is 0 Å². The number of carbonyl (C=O) groups is 1. The second-order valence-corrected chi connectivity index (χ2v) is 7.11. The predicted octanol–water partition coefficient (Wildman–Crippen LogP) is 2.35. The number of rotatable bonds is 4. The van der Waals surface area contributed by atoms with E-state index in [0.717, 1.165) is 31.6 Å². The molecule has 0 spiro atoms. The first-order valence-electron chi connectivity index (χ1n) is 7.38. The monoisotopic (exact) mass is 290 g/mol. The van der Waals surface area contributed by atoms with E-state index in [4.69, 9.17) is 0 Å². The first-order valence-corrected chi connectivity index (χ1v) is 8.61. The zero-order valence-electron chi connectivity index (χ0n) is 12.0. The lowest BCUT2D eigenvalue weighted by Gasteiger charge is -2.40. The third-order valence-electron chi connectivity index (χ3n) is 4.62. The van der Waals surface area contributed by atoms with E-state index in [-0.39, 0.29) is 5.91 Å². The SMILES string of the molecule is CSC1(CNC(=O)c2ccc3c(c2)CNCC3)CCC1. The van der Waals surface area contributed by atoms with Crippen molar-refractivity contribution >= 4 is 17.7 Å². The third kappa shape index (κ3) is 2.72. The van der Waals surface area contributed by atoms with Crippen LogP contribution in [-0.4, -0.2) is 30.0 Å². The number of amides is 1. The van der Waals surface area contributed by atoms with Crippen LogP contribution in [0.15, 0.2) is 18.2 Å². The largest absolute Gasteiger partial charge is 0.351 e. The Bertz CT molecular complexity index is 506. The van der Waals surface area contributed by atoms with Crippen LogP contribution in [0.3, 0.4) is 0 Å². The molecule has 0 unspecified atom stereocenters. The molecule has 0 radical (unpaired) electrons. The Kier molecular flexibility index (Phi) is 4.03. The molecule has 20 heavy (non-hydrogen) atoms. The Morgan fingerprint density at radius 1 is 1.40 bits per heavy atom. The van der Waals surface area contributed by atoms with Gasteiger partial charge >= 0.3 is 0 Å². The fraction of sp³-hybridized carbons (Fsp3) is 0.562. The number of benzene rings is 1. The van der Waals surface area contributed by atoms with Gasteiger partial charge in [-0.25, -0.2) is 0 Å². The van der Waals surface area contributed by atoms with Crippen LogP contribution >= 0.6 is 11.8 Å². The molecule has 0 saturated heterocycles. The minimum Gasteiger partial charge on any atom is -0.351 e. The van der Waals surface area contributed by atoms with E-state index in [9.17, 15) is 4.79 Å². The zero-order valence-corrected chi connectivity index (χ0v) is 12.8. The van der Waals surface area contributed by atoms with Gasteiger partial charge in [0.1, 0.15) is 0 Å². The van der Waals surface area contributed by atoms with Crippen molar-refractivity contribution in [1.29, 1.82) is 0 Å². The number of nitrogens with one attached hydrogen (secondary N) is 2. The molecule has 1 aromatic rings. The molecular formula is C16H22N2OS. The fourth-order valence-electron chi connectivity index (χ4n) is 2.99. The molecule has 0 aromatic heterocycles. The van der Waals surface area contributed by atoms with Gasteiger partial charge in [0.05, 0.1) is 0 Å². The summed E-state index contributed by atoms with van der Waals surface area (Å²) in [4.78, 5) is 12.3. The van der Waals surface area contributed by atoms with Crippen molar-refractivity contribution in [2.45, 2.75) is 37.0 Å². The predicted molar refractivity (Wildman–Crippen MR) is 84.3 cm³/mol. The highest BCUT2D eigenvalue weighted by Gasteiger charge is 2.36. The molecule has 1 saturated carbocycles. The number of hydrogen-bond acceptors (Lipinski definition) is 3. The van der Waals surface area contributed by atoms with Crippen molar-refractivity contribution in [2.75, 3.05) is 19.3 Å². The number of hydrogen-bond donors (Lipinski definition) is 2. The van der Waals surface area contributed by atoms with Crippen molar-refractivity contribution in [3.8, 4) is 0 Å². The van der Waals surface area contributed by atoms with Gasteiger partial charge in [-0.05, 0) is 55.3 Å². The molecule has 3 rings (SSSR count).